The van der Waals surface area contributed by atoms with Crippen LogP contribution in [0.3, 0.4) is 0 Å². The summed E-state index contributed by atoms with van der Waals surface area (Å²) < 4.78 is 19.1. The van der Waals surface area contributed by atoms with Crippen LogP contribution in [0.2, 0.25) is 0 Å². The Kier molecular flexibility index (Phi) is 10.7. The van der Waals surface area contributed by atoms with Crippen molar-refractivity contribution < 1.29 is 19.3 Å². The van der Waals surface area contributed by atoms with Crippen molar-refractivity contribution in [2.24, 2.45) is 5.92 Å². The summed E-state index contributed by atoms with van der Waals surface area (Å²) in [5, 5.41) is 10.7. The molecule has 5 heteroatoms. The molecule has 29 heavy (non-hydrogen) atoms. The van der Waals surface area contributed by atoms with E-state index >= 15 is 0 Å². The van der Waals surface area contributed by atoms with Crippen molar-refractivity contribution in [1.82, 2.24) is 0 Å². The minimum atomic E-state index is -0.502. The van der Waals surface area contributed by atoms with Crippen LogP contribution in [0, 0.1) is 5.92 Å². The lowest BCUT2D eigenvalue weighted by Crippen LogP contribution is -2.29. The van der Waals surface area contributed by atoms with E-state index in [0.29, 0.717) is 26.2 Å². The summed E-state index contributed by atoms with van der Waals surface area (Å²) in [7, 11) is 1.65. The smallest absolute Gasteiger partial charge is 0.118 e. The molecule has 0 unspecified atom stereocenters. The Balaban J connectivity index is 1.83. The van der Waals surface area contributed by atoms with Crippen molar-refractivity contribution in [3.8, 4) is 5.75 Å². The molecule has 0 amide bonds. The monoisotopic (exact) mass is 510 g/mol. The molecule has 0 aromatic heterocycles. The quantitative estimate of drug-likeness (QED) is 0.382. The number of halogens is 1. The Hall–Kier alpha value is -1.41. The van der Waals surface area contributed by atoms with Crippen LogP contribution in [0.15, 0.2) is 64.3 Å². The second kappa shape index (κ2) is 13.0. The van der Waals surface area contributed by atoms with Crippen LogP contribution < -0.4 is 4.74 Å². The molecular formula is C24H31IO4. The first-order valence-electron chi connectivity index (χ1n) is 9.84. The summed E-state index contributed by atoms with van der Waals surface area (Å²) in [5.41, 5.74) is 3.32. The highest BCUT2D eigenvalue weighted by Gasteiger charge is 2.22. The maximum absolute atomic E-state index is 10.7. The largest absolute Gasteiger partial charge is 0.497 e. The fourth-order valence-electron chi connectivity index (χ4n) is 2.87. The summed E-state index contributed by atoms with van der Waals surface area (Å²) in [4.78, 5) is 0. The topological polar surface area (TPSA) is 47.9 Å². The van der Waals surface area contributed by atoms with Gasteiger partial charge in [0.25, 0.3) is 0 Å². The molecule has 0 saturated carbocycles. The highest BCUT2D eigenvalue weighted by atomic mass is 127. The van der Waals surface area contributed by atoms with Crippen molar-refractivity contribution in [3.63, 3.8) is 0 Å². The maximum Gasteiger partial charge on any atom is 0.118 e. The number of hydrogen-bond acceptors (Lipinski definition) is 4. The zero-order valence-electron chi connectivity index (χ0n) is 17.4. The van der Waals surface area contributed by atoms with E-state index in [9.17, 15) is 5.11 Å². The van der Waals surface area contributed by atoms with Gasteiger partial charge in [-0.1, -0.05) is 72.0 Å². The Morgan fingerprint density at radius 1 is 1.03 bits per heavy atom. The van der Waals surface area contributed by atoms with Crippen molar-refractivity contribution >= 4 is 22.6 Å². The predicted octanol–water partition coefficient (Wildman–Crippen LogP) is 5.52. The van der Waals surface area contributed by atoms with E-state index in [4.69, 9.17) is 14.2 Å². The van der Waals surface area contributed by atoms with Crippen molar-refractivity contribution in [2.75, 3.05) is 13.7 Å². The van der Waals surface area contributed by atoms with Gasteiger partial charge < -0.3 is 19.3 Å². The first-order chi connectivity index (χ1) is 14.0. The van der Waals surface area contributed by atoms with Crippen LogP contribution in [0.4, 0.5) is 0 Å². The molecule has 2 aromatic rings. The fourth-order valence-corrected chi connectivity index (χ4v) is 3.27. The second-order valence-corrected chi connectivity index (χ2v) is 7.90. The van der Waals surface area contributed by atoms with E-state index < -0.39 is 6.10 Å². The Bertz CT molecular complexity index is 730. The van der Waals surface area contributed by atoms with Gasteiger partial charge in [0.15, 0.2) is 0 Å². The molecule has 0 heterocycles. The third kappa shape index (κ3) is 8.46. The molecule has 0 aliphatic heterocycles. The standard InChI is InChI=1S/C24H31IO4/c1-18(14-25)24(29-17-21-9-11-22(27-3)12-10-21)13-23(26)19(2)15-28-16-20-7-5-4-6-8-20/h4-12,14,19,23-24,26H,13,15-17H2,1-3H3/b18-14+/t19-,23+,24+/m1/s1. The number of hydrogen-bond donors (Lipinski definition) is 1. The minimum absolute atomic E-state index is 0.0211. The summed E-state index contributed by atoms with van der Waals surface area (Å²) in [6.45, 7) is 5.60. The van der Waals surface area contributed by atoms with E-state index in [2.05, 4.69) is 22.6 Å². The molecule has 1 N–H and O–H groups in total. The van der Waals surface area contributed by atoms with Gasteiger partial charge in [0, 0.05) is 12.3 Å². The normalized spacial score (nSPS) is 15.0. The van der Waals surface area contributed by atoms with Gasteiger partial charge >= 0.3 is 0 Å². The van der Waals surface area contributed by atoms with Gasteiger partial charge in [-0.05, 0) is 39.8 Å². The van der Waals surface area contributed by atoms with E-state index in [1.165, 1.54) is 0 Å². The van der Waals surface area contributed by atoms with E-state index in [1.54, 1.807) is 7.11 Å². The highest BCUT2D eigenvalue weighted by Crippen LogP contribution is 2.21. The predicted molar refractivity (Wildman–Crippen MR) is 125 cm³/mol. The van der Waals surface area contributed by atoms with Gasteiger partial charge in [-0.25, -0.2) is 0 Å². The third-order valence-corrected chi connectivity index (χ3v) is 5.88. The fraction of sp³-hybridized carbons (Fsp3) is 0.417. The van der Waals surface area contributed by atoms with E-state index in [1.807, 2.05) is 72.5 Å². The van der Waals surface area contributed by atoms with Gasteiger partial charge in [-0.15, -0.1) is 0 Å². The SMILES string of the molecule is COc1ccc(CO[C@@H](C[C@H](O)[C@H](C)COCc2ccccc2)/C(C)=C/I)cc1. The molecule has 2 aromatic carbocycles. The minimum Gasteiger partial charge on any atom is -0.497 e. The van der Waals surface area contributed by atoms with Crippen LogP contribution in [-0.4, -0.2) is 31.0 Å². The van der Waals surface area contributed by atoms with Gasteiger partial charge in [-0.2, -0.15) is 0 Å². The molecule has 158 valence electrons. The molecule has 0 aliphatic rings. The molecule has 0 spiro atoms. The number of methoxy groups -OCH3 is 1. The van der Waals surface area contributed by atoms with Crippen molar-refractivity contribution in [2.45, 2.75) is 45.7 Å². The van der Waals surface area contributed by atoms with Crippen LogP contribution in [0.25, 0.3) is 0 Å². The molecule has 0 saturated heterocycles. The maximum atomic E-state index is 10.7. The zero-order chi connectivity index (χ0) is 21.1. The van der Waals surface area contributed by atoms with E-state index in [0.717, 1.165) is 22.4 Å². The molecule has 0 radical (unpaired) electrons. The summed E-state index contributed by atoms with van der Waals surface area (Å²) in [6.07, 6.45) is -0.101. The molecule has 0 fully saturated rings. The molecular weight excluding hydrogens is 479 g/mol. The number of ether oxygens (including phenoxy) is 3. The summed E-state index contributed by atoms with van der Waals surface area (Å²) in [5.74, 6) is 0.848. The lowest BCUT2D eigenvalue weighted by atomic mass is 9.97. The molecule has 4 nitrogen and oxygen atoms in total. The lowest BCUT2D eigenvalue weighted by molar-refractivity contribution is -0.0148. The van der Waals surface area contributed by atoms with E-state index in [-0.39, 0.29) is 12.0 Å². The van der Waals surface area contributed by atoms with Crippen molar-refractivity contribution in [3.05, 3.63) is 75.4 Å². The first kappa shape index (κ1) is 23.9. The van der Waals surface area contributed by atoms with Crippen LogP contribution in [-0.2, 0) is 22.7 Å². The second-order valence-electron chi connectivity index (χ2n) is 7.28. The highest BCUT2D eigenvalue weighted by molar-refractivity contribution is 14.1. The van der Waals surface area contributed by atoms with Crippen LogP contribution in [0.5, 0.6) is 5.75 Å². The number of aliphatic hydroxyl groups is 1. The van der Waals surface area contributed by atoms with Gasteiger partial charge in [0.2, 0.25) is 0 Å². The van der Waals surface area contributed by atoms with Gasteiger partial charge in [0.05, 0.1) is 39.1 Å². The average Bonchev–Trinajstić information content (AvgIpc) is 2.76. The molecule has 3 atom stereocenters. The van der Waals surface area contributed by atoms with Gasteiger partial charge in [-0.3, -0.25) is 0 Å². The molecule has 0 aliphatic carbocycles. The number of benzene rings is 2. The van der Waals surface area contributed by atoms with Crippen LogP contribution >= 0.6 is 22.6 Å². The van der Waals surface area contributed by atoms with Gasteiger partial charge in [0.1, 0.15) is 5.75 Å². The average molecular weight is 510 g/mol. The first-order valence-corrected chi connectivity index (χ1v) is 11.1. The molecule has 0 bridgehead atoms. The Labute approximate surface area is 188 Å². The zero-order valence-corrected chi connectivity index (χ0v) is 19.5. The van der Waals surface area contributed by atoms with Crippen LogP contribution in [0.1, 0.15) is 31.4 Å². The Morgan fingerprint density at radius 3 is 2.31 bits per heavy atom. The van der Waals surface area contributed by atoms with Crippen molar-refractivity contribution in [1.29, 1.82) is 0 Å². The third-order valence-electron chi connectivity index (χ3n) is 4.89. The number of aliphatic hydroxyl groups excluding tert-OH is 1. The Morgan fingerprint density at radius 2 is 1.69 bits per heavy atom. The molecule has 2 rings (SSSR count). The summed E-state index contributed by atoms with van der Waals surface area (Å²) >= 11 is 2.22. The lowest BCUT2D eigenvalue weighted by Gasteiger charge is -2.25. The summed E-state index contributed by atoms with van der Waals surface area (Å²) in [6, 6.07) is 17.9. The number of rotatable bonds is 12.